The van der Waals surface area contributed by atoms with Crippen LogP contribution >= 0.6 is 0 Å². The Kier molecular flexibility index (Phi) is 2.82. The molecule has 3 aromatic carbocycles. The number of hydrogen-bond donors (Lipinski definition) is 0. The summed E-state index contributed by atoms with van der Waals surface area (Å²) in [7, 11) is 2.07. The molecule has 0 saturated heterocycles. The summed E-state index contributed by atoms with van der Waals surface area (Å²) in [6, 6.07) is 17.2. The zero-order valence-electron chi connectivity index (χ0n) is 16.5. The lowest BCUT2D eigenvalue weighted by Crippen LogP contribution is -2.33. The van der Waals surface area contributed by atoms with Gasteiger partial charge in [0, 0.05) is 5.41 Å². The van der Waals surface area contributed by atoms with Crippen LogP contribution < -0.4 is 9.30 Å². The van der Waals surface area contributed by atoms with Gasteiger partial charge in [0.25, 0.3) is 6.33 Å². The van der Waals surface area contributed by atoms with Crippen LogP contribution in [0.5, 0.6) is 11.5 Å². The van der Waals surface area contributed by atoms with Crippen molar-refractivity contribution in [2.45, 2.75) is 26.2 Å². The maximum Gasteiger partial charge on any atom is 0.287 e. The highest BCUT2D eigenvalue weighted by Gasteiger charge is 2.40. The maximum atomic E-state index is 6.45. The highest BCUT2D eigenvalue weighted by Crippen LogP contribution is 2.56. The molecule has 2 heterocycles. The van der Waals surface area contributed by atoms with Crippen LogP contribution in [-0.2, 0) is 12.5 Å². The predicted molar refractivity (Wildman–Crippen MR) is 111 cm³/mol. The van der Waals surface area contributed by atoms with Gasteiger partial charge in [-0.15, -0.1) is 0 Å². The fourth-order valence-electron chi connectivity index (χ4n) is 5.15. The molecule has 0 N–H and O–H groups in total. The lowest BCUT2D eigenvalue weighted by Gasteiger charge is -2.26. The van der Waals surface area contributed by atoms with Gasteiger partial charge < -0.3 is 4.74 Å². The molecule has 0 atom stereocenters. The molecule has 0 saturated carbocycles. The van der Waals surface area contributed by atoms with Crippen molar-refractivity contribution in [3.63, 3.8) is 0 Å². The number of fused-ring (bicyclic) bond motifs is 5. The molecule has 1 aliphatic heterocycles. The van der Waals surface area contributed by atoms with E-state index in [1.807, 2.05) is 18.5 Å². The van der Waals surface area contributed by atoms with E-state index in [1.165, 1.54) is 39.1 Å². The molecule has 3 heteroatoms. The van der Waals surface area contributed by atoms with Crippen LogP contribution in [0.2, 0.25) is 0 Å². The monoisotopic (exact) mass is 365 g/mol. The van der Waals surface area contributed by atoms with E-state index in [1.54, 1.807) is 0 Å². The van der Waals surface area contributed by atoms with E-state index in [0.29, 0.717) is 0 Å². The average molecular weight is 365 g/mol. The third kappa shape index (κ3) is 1.74. The molecule has 0 fully saturated rings. The van der Waals surface area contributed by atoms with Gasteiger partial charge >= 0.3 is 0 Å². The van der Waals surface area contributed by atoms with E-state index in [2.05, 4.69) is 73.8 Å². The first-order valence-electron chi connectivity index (χ1n) is 9.72. The van der Waals surface area contributed by atoms with Gasteiger partial charge in [-0.1, -0.05) is 44.2 Å². The maximum absolute atomic E-state index is 6.45. The first-order valence-corrected chi connectivity index (χ1v) is 9.72. The lowest BCUT2D eigenvalue weighted by atomic mass is 9.81. The van der Waals surface area contributed by atoms with Crippen LogP contribution in [0.3, 0.4) is 0 Å². The fraction of sp³-hybridized carbons (Fsp3) is 0.200. The Hall–Kier alpha value is -3.20. The van der Waals surface area contributed by atoms with Gasteiger partial charge in [-0.05, 0) is 57.9 Å². The predicted octanol–water partition coefficient (Wildman–Crippen LogP) is 5.45. The van der Waals surface area contributed by atoms with Crippen molar-refractivity contribution in [1.29, 1.82) is 0 Å². The van der Waals surface area contributed by atoms with E-state index >= 15 is 0 Å². The number of aryl methyl sites for hydroxylation is 1. The second kappa shape index (κ2) is 4.99. The summed E-state index contributed by atoms with van der Waals surface area (Å²) in [6.45, 7) is 6.86. The molecule has 0 radical (unpaired) electrons. The van der Waals surface area contributed by atoms with Crippen molar-refractivity contribution in [2.24, 2.45) is 7.05 Å². The van der Waals surface area contributed by atoms with Gasteiger partial charge in [-0.25, -0.2) is 4.57 Å². The van der Waals surface area contributed by atoms with Gasteiger partial charge in [-0.3, -0.25) is 0 Å². The molecule has 6 rings (SSSR count). The molecule has 136 valence electrons. The first-order chi connectivity index (χ1) is 13.5. The summed E-state index contributed by atoms with van der Waals surface area (Å²) >= 11 is 0. The third-order valence-corrected chi connectivity index (χ3v) is 6.50. The summed E-state index contributed by atoms with van der Waals surface area (Å²) in [4.78, 5) is 4.60. The zero-order chi connectivity index (χ0) is 19.2. The minimum absolute atomic E-state index is 0.0399. The summed E-state index contributed by atoms with van der Waals surface area (Å²) in [6.07, 6.45) is 1.90. The summed E-state index contributed by atoms with van der Waals surface area (Å²) in [5.74, 6) is 1.83. The molecule has 2 aliphatic rings. The van der Waals surface area contributed by atoms with E-state index in [9.17, 15) is 0 Å². The Morgan fingerprint density at radius 1 is 0.929 bits per heavy atom. The topological polar surface area (TPSA) is 26.0 Å². The van der Waals surface area contributed by atoms with E-state index in [4.69, 9.17) is 4.74 Å². The van der Waals surface area contributed by atoms with Gasteiger partial charge in [0.05, 0.1) is 12.6 Å². The van der Waals surface area contributed by atoms with Crippen molar-refractivity contribution in [3.05, 3.63) is 71.5 Å². The highest BCUT2D eigenvalue weighted by atomic mass is 16.5. The lowest BCUT2D eigenvalue weighted by molar-refractivity contribution is -0.662. The van der Waals surface area contributed by atoms with E-state index in [-0.39, 0.29) is 5.41 Å². The number of benzene rings is 3. The van der Waals surface area contributed by atoms with E-state index < -0.39 is 0 Å². The van der Waals surface area contributed by atoms with Crippen LogP contribution in [0.15, 0.2) is 54.9 Å². The van der Waals surface area contributed by atoms with Crippen molar-refractivity contribution >= 4 is 10.9 Å². The van der Waals surface area contributed by atoms with E-state index in [0.717, 1.165) is 22.4 Å². The second-order valence-electron chi connectivity index (χ2n) is 8.42. The molecular formula is C25H21N2O+. The van der Waals surface area contributed by atoms with Crippen molar-refractivity contribution in [2.75, 3.05) is 0 Å². The quantitative estimate of drug-likeness (QED) is 0.341. The third-order valence-electron chi connectivity index (χ3n) is 6.50. The van der Waals surface area contributed by atoms with Crippen LogP contribution in [0.1, 0.15) is 30.5 Å². The Labute approximate surface area is 164 Å². The molecule has 0 bridgehead atoms. The minimum atomic E-state index is -0.0399. The Balaban J connectivity index is 1.78. The van der Waals surface area contributed by atoms with Crippen LogP contribution in [-0.4, -0.2) is 4.98 Å². The molecule has 0 unspecified atom stereocenters. The van der Waals surface area contributed by atoms with Crippen molar-refractivity contribution in [1.82, 2.24) is 4.98 Å². The smallest absolute Gasteiger partial charge is 0.287 e. The summed E-state index contributed by atoms with van der Waals surface area (Å²) in [5.41, 5.74) is 10.0. The molecule has 3 nitrogen and oxygen atoms in total. The van der Waals surface area contributed by atoms with Crippen LogP contribution in [0, 0.1) is 6.92 Å². The largest absolute Gasteiger partial charge is 0.456 e. The standard InChI is InChI=1S/C25H21N2O/c1-14-21-15-8-5-6-9-16(15)25(2,3)17(21)12-20-22(14)24-23-18(26-13-27(24)4)10-7-11-19(23)28-20/h5-13H,1-4H3/q+1. The average Bonchev–Trinajstić information content (AvgIpc) is 2.92. The number of rotatable bonds is 0. The molecule has 1 aromatic heterocycles. The Morgan fingerprint density at radius 2 is 1.75 bits per heavy atom. The minimum Gasteiger partial charge on any atom is -0.456 e. The highest BCUT2D eigenvalue weighted by molar-refractivity contribution is 6.02. The summed E-state index contributed by atoms with van der Waals surface area (Å²) in [5, 5.41) is 1.09. The molecule has 28 heavy (non-hydrogen) atoms. The SMILES string of the molecule is Cc1c2c(cc3c1-c1ccccc1C3(C)C)Oc1cccc3nc[n+](C)c-2c13. The first kappa shape index (κ1) is 15.8. The van der Waals surface area contributed by atoms with Gasteiger partial charge in [0.1, 0.15) is 16.9 Å². The number of aromatic nitrogens is 2. The number of ether oxygens (including phenoxy) is 1. The van der Waals surface area contributed by atoms with Crippen molar-refractivity contribution in [3.8, 4) is 33.9 Å². The van der Waals surface area contributed by atoms with Gasteiger partial charge in [0.2, 0.25) is 0 Å². The van der Waals surface area contributed by atoms with Crippen molar-refractivity contribution < 1.29 is 9.30 Å². The molecule has 0 amide bonds. The summed E-state index contributed by atoms with van der Waals surface area (Å²) < 4.78 is 8.57. The normalized spacial score (nSPS) is 15.0. The number of hydrogen-bond acceptors (Lipinski definition) is 2. The Morgan fingerprint density at radius 3 is 2.61 bits per heavy atom. The Bertz CT molecular complexity index is 1330. The second-order valence-corrected chi connectivity index (χ2v) is 8.42. The molecule has 4 aromatic rings. The number of nitrogens with zero attached hydrogens (tertiary/aromatic N) is 2. The molecule has 1 aliphatic carbocycles. The van der Waals surface area contributed by atoms with Crippen LogP contribution in [0.4, 0.5) is 0 Å². The van der Waals surface area contributed by atoms with Gasteiger partial charge in [-0.2, -0.15) is 0 Å². The fourth-order valence-corrected chi connectivity index (χ4v) is 5.15. The molecule has 0 spiro atoms. The zero-order valence-corrected chi connectivity index (χ0v) is 16.5. The molecular weight excluding hydrogens is 344 g/mol. The van der Waals surface area contributed by atoms with Gasteiger partial charge in [0.15, 0.2) is 11.2 Å². The van der Waals surface area contributed by atoms with Crippen LogP contribution in [0.25, 0.3) is 33.3 Å².